The van der Waals surface area contributed by atoms with Crippen LogP contribution in [0.5, 0.6) is 0 Å². The van der Waals surface area contributed by atoms with Crippen LogP contribution in [0.2, 0.25) is 0 Å². The fourth-order valence-electron chi connectivity index (χ4n) is 3.12. The van der Waals surface area contributed by atoms with Crippen molar-refractivity contribution in [2.45, 2.75) is 45.4 Å². The summed E-state index contributed by atoms with van der Waals surface area (Å²) in [6.45, 7) is 2.99. The number of benzene rings is 1. The molecule has 1 atom stereocenters. The van der Waals surface area contributed by atoms with Crippen molar-refractivity contribution in [3.8, 4) is 6.07 Å². The Labute approximate surface area is 174 Å². The molecule has 2 N–H and O–H groups in total. The van der Waals surface area contributed by atoms with E-state index < -0.39 is 41.6 Å². The van der Waals surface area contributed by atoms with Gasteiger partial charge in [-0.15, -0.1) is 0 Å². The molecule has 1 aromatic rings. The maximum Gasteiger partial charge on any atom is 0.323 e. The van der Waals surface area contributed by atoms with Crippen LogP contribution in [0.1, 0.15) is 56.6 Å². The van der Waals surface area contributed by atoms with Gasteiger partial charge < -0.3 is 19.7 Å². The molecule has 0 saturated carbocycles. The molecular weight excluding hydrogens is 394 g/mol. The van der Waals surface area contributed by atoms with Crippen LogP contribution in [-0.4, -0.2) is 47.3 Å². The van der Waals surface area contributed by atoms with E-state index in [-0.39, 0.29) is 38.0 Å². The van der Waals surface area contributed by atoms with Crippen LogP contribution in [0, 0.1) is 16.7 Å². The number of carbonyl (C=O) groups is 4. The van der Waals surface area contributed by atoms with Gasteiger partial charge in [-0.05, 0) is 50.8 Å². The van der Waals surface area contributed by atoms with E-state index in [1.54, 1.807) is 13.8 Å². The summed E-state index contributed by atoms with van der Waals surface area (Å²) in [6.07, 6.45) is -1.07. The fraction of sp³-hybridized carbons (Fsp3) is 0.476. The van der Waals surface area contributed by atoms with Crippen LogP contribution < -0.4 is 0 Å². The predicted molar refractivity (Wildman–Crippen MR) is 103 cm³/mol. The summed E-state index contributed by atoms with van der Waals surface area (Å²) in [4.78, 5) is 48.6. The van der Waals surface area contributed by atoms with E-state index >= 15 is 0 Å². The molecule has 9 nitrogen and oxygen atoms in total. The molecule has 1 aromatic carbocycles. The van der Waals surface area contributed by atoms with E-state index in [0.29, 0.717) is 5.56 Å². The number of nitriles is 1. The zero-order chi connectivity index (χ0) is 22.7. The van der Waals surface area contributed by atoms with Crippen molar-refractivity contribution in [1.82, 2.24) is 0 Å². The summed E-state index contributed by atoms with van der Waals surface area (Å²) < 4.78 is 10.1. The Balaban J connectivity index is 3.43. The van der Waals surface area contributed by atoms with Gasteiger partial charge in [0.05, 0.1) is 30.8 Å². The number of ether oxygens (including phenoxy) is 2. The van der Waals surface area contributed by atoms with Crippen molar-refractivity contribution < 1.29 is 38.9 Å². The molecule has 1 rings (SSSR count). The molecule has 0 spiro atoms. The minimum absolute atomic E-state index is 0.0481. The van der Waals surface area contributed by atoms with Crippen molar-refractivity contribution in [1.29, 1.82) is 5.26 Å². The van der Waals surface area contributed by atoms with Gasteiger partial charge in [0, 0.05) is 6.42 Å². The van der Waals surface area contributed by atoms with Crippen LogP contribution in [-0.2, 0) is 28.7 Å². The number of rotatable bonds is 12. The van der Waals surface area contributed by atoms with E-state index in [2.05, 4.69) is 0 Å². The standard InChI is InChI=1S/C21H25NO8/c1-3-29-19(27)21(20(28)30-4-2,11-5-6-17(23)24)12-16(18(25)26)15-9-7-14(13-22)8-10-15/h7-10,16H,3-6,11-12H2,1-2H3,(H,23,24)(H,25,26). The van der Waals surface area contributed by atoms with Gasteiger partial charge in [-0.2, -0.15) is 5.26 Å². The lowest BCUT2D eigenvalue weighted by Crippen LogP contribution is -2.44. The summed E-state index contributed by atoms with van der Waals surface area (Å²) in [5.41, 5.74) is -1.36. The number of aliphatic carboxylic acids is 2. The van der Waals surface area contributed by atoms with E-state index in [9.17, 15) is 24.3 Å². The number of hydrogen-bond acceptors (Lipinski definition) is 7. The lowest BCUT2D eigenvalue weighted by molar-refractivity contribution is -0.174. The van der Waals surface area contributed by atoms with Gasteiger partial charge in [0.1, 0.15) is 0 Å². The number of carboxylic acids is 2. The highest BCUT2D eigenvalue weighted by Gasteiger charge is 2.51. The number of esters is 2. The number of carbonyl (C=O) groups excluding carboxylic acids is 2. The van der Waals surface area contributed by atoms with Gasteiger partial charge in [-0.25, -0.2) is 0 Å². The molecule has 0 radical (unpaired) electrons. The minimum Gasteiger partial charge on any atom is -0.481 e. The summed E-state index contributed by atoms with van der Waals surface area (Å²) in [5, 5.41) is 27.7. The van der Waals surface area contributed by atoms with Crippen LogP contribution >= 0.6 is 0 Å². The highest BCUT2D eigenvalue weighted by atomic mass is 16.6. The largest absolute Gasteiger partial charge is 0.481 e. The number of nitrogens with zero attached hydrogens (tertiary/aromatic N) is 1. The smallest absolute Gasteiger partial charge is 0.323 e. The molecule has 0 aliphatic heterocycles. The van der Waals surface area contributed by atoms with Crippen LogP contribution in [0.3, 0.4) is 0 Å². The Hall–Kier alpha value is -3.41. The van der Waals surface area contributed by atoms with Crippen molar-refractivity contribution >= 4 is 23.9 Å². The van der Waals surface area contributed by atoms with Gasteiger partial charge in [0.15, 0.2) is 5.41 Å². The molecule has 0 fully saturated rings. The Morgan fingerprint density at radius 1 is 1.03 bits per heavy atom. The average Bonchev–Trinajstić information content (AvgIpc) is 2.70. The molecule has 0 bridgehead atoms. The summed E-state index contributed by atoms with van der Waals surface area (Å²) in [7, 11) is 0. The third kappa shape index (κ3) is 6.30. The molecular formula is C21H25NO8. The predicted octanol–water partition coefficient (Wildman–Crippen LogP) is 2.48. The quantitative estimate of drug-likeness (QED) is 0.384. The van der Waals surface area contributed by atoms with E-state index in [4.69, 9.17) is 19.8 Å². The van der Waals surface area contributed by atoms with Gasteiger partial charge in [-0.3, -0.25) is 19.2 Å². The van der Waals surface area contributed by atoms with Gasteiger partial charge >= 0.3 is 23.9 Å². The maximum atomic E-state index is 12.8. The Morgan fingerprint density at radius 2 is 1.57 bits per heavy atom. The fourth-order valence-corrected chi connectivity index (χ4v) is 3.12. The molecule has 9 heteroatoms. The third-order valence-corrected chi connectivity index (χ3v) is 4.62. The van der Waals surface area contributed by atoms with E-state index in [1.165, 1.54) is 24.3 Å². The number of carboxylic acid groups (broad SMARTS) is 2. The van der Waals surface area contributed by atoms with E-state index in [0.717, 1.165) is 0 Å². The first-order chi connectivity index (χ1) is 14.2. The average molecular weight is 419 g/mol. The lowest BCUT2D eigenvalue weighted by atomic mass is 9.73. The molecule has 0 aliphatic rings. The highest BCUT2D eigenvalue weighted by molar-refractivity contribution is 6.00. The molecule has 0 aliphatic carbocycles. The van der Waals surface area contributed by atoms with E-state index in [1.807, 2.05) is 6.07 Å². The molecule has 30 heavy (non-hydrogen) atoms. The Morgan fingerprint density at radius 3 is 1.97 bits per heavy atom. The molecule has 0 saturated heterocycles. The minimum atomic E-state index is -1.97. The Kier molecular flexibility index (Phi) is 9.49. The molecule has 0 aromatic heterocycles. The molecule has 162 valence electrons. The topological polar surface area (TPSA) is 151 Å². The Bertz CT molecular complexity index is 791. The van der Waals surface area contributed by atoms with Crippen LogP contribution in [0.4, 0.5) is 0 Å². The number of hydrogen-bond donors (Lipinski definition) is 2. The van der Waals surface area contributed by atoms with Gasteiger partial charge in [0.25, 0.3) is 0 Å². The first kappa shape index (κ1) is 24.6. The summed E-state index contributed by atoms with van der Waals surface area (Å²) >= 11 is 0. The van der Waals surface area contributed by atoms with Crippen LogP contribution in [0.15, 0.2) is 24.3 Å². The highest BCUT2D eigenvalue weighted by Crippen LogP contribution is 2.39. The molecule has 0 heterocycles. The molecule has 0 amide bonds. The van der Waals surface area contributed by atoms with Crippen molar-refractivity contribution in [2.24, 2.45) is 5.41 Å². The second-order valence-corrected chi connectivity index (χ2v) is 6.60. The lowest BCUT2D eigenvalue weighted by Gasteiger charge is -2.31. The first-order valence-corrected chi connectivity index (χ1v) is 9.50. The monoisotopic (exact) mass is 419 g/mol. The zero-order valence-corrected chi connectivity index (χ0v) is 16.9. The second kappa shape index (κ2) is 11.6. The van der Waals surface area contributed by atoms with Crippen molar-refractivity contribution in [3.63, 3.8) is 0 Å². The van der Waals surface area contributed by atoms with Gasteiger partial charge in [0.2, 0.25) is 0 Å². The normalized spacial score (nSPS) is 11.8. The SMILES string of the molecule is CCOC(=O)C(CCCC(=O)O)(CC(C(=O)O)c1ccc(C#N)cc1)C(=O)OCC. The van der Waals surface area contributed by atoms with Crippen molar-refractivity contribution in [3.05, 3.63) is 35.4 Å². The zero-order valence-electron chi connectivity index (χ0n) is 16.9. The maximum absolute atomic E-state index is 12.8. The third-order valence-electron chi connectivity index (χ3n) is 4.62. The second-order valence-electron chi connectivity index (χ2n) is 6.60. The molecule has 1 unspecified atom stereocenters. The summed E-state index contributed by atoms with van der Waals surface area (Å²) in [6, 6.07) is 7.68. The van der Waals surface area contributed by atoms with Gasteiger partial charge in [-0.1, -0.05) is 12.1 Å². The van der Waals surface area contributed by atoms with Crippen LogP contribution in [0.25, 0.3) is 0 Å². The van der Waals surface area contributed by atoms with Crippen molar-refractivity contribution in [2.75, 3.05) is 13.2 Å². The first-order valence-electron chi connectivity index (χ1n) is 9.50. The summed E-state index contributed by atoms with van der Waals surface area (Å²) in [5.74, 6) is -5.58.